The molecular formula is C14H26N4O2. The molecule has 0 bridgehead atoms. The van der Waals surface area contributed by atoms with Crippen molar-refractivity contribution in [3.8, 4) is 5.75 Å². The van der Waals surface area contributed by atoms with Crippen molar-refractivity contribution in [3.05, 3.63) is 11.9 Å². The molecule has 1 aromatic heterocycles. The SMILES string of the molecule is COc1cnn(CCN(C)C)c1C(=O)C(C)(C)N(C)C. The van der Waals surface area contributed by atoms with E-state index in [1.165, 1.54) is 0 Å². The maximum absolute atomic E-state index is 12.8. The zero-order valence-corrected chi connectivity index (χ0v) is 13.6. The minimum absolute atomic E-state index is 0.00982. The van der Waals surface area contributed by atoms with Crippen molar-refractivity contribution in [1.29, 1.82) is 0 Å². The third-order valence-electron chi connectivity index (χ3n) is 3.67. The highest BCUT2D eigenvalue weighted by Crippen LogP contribution is 2.25. The van der Waals surface area contributed by atoms with Crippen LogP contribution in [0.1, 0.15) is 24.3 Å². The zero-order valence-electron chi connectivity index (χ0n) is 13.6. The summed E-state index contributed by atoms with van der Waals surface area (Å²) in [5.41, 5.74) is -0.0727. The molecule has 0 atom stereocenters. The first kappa shape index (κ1) is 16.7. The van der Waals surface area contributed by atoms with Gasteiger partial charge >= 0.3 is 0 Å². The lowest BCUT2D eigenvalue weighted by Crippen LogP contribution is -2.46. The van der Waals surface area contributed by atoms with Gasteiger partial charge in [0.2, 0.25) is 5.78 Å². The van der Waals surface area contributed by atoms with Crippen LogP contribution >= 0.6 is 0 Å². The van der Waals surface area contributed by atoms with Gasteiger partial charge in [0.1, 0.15) is 5.69 Å². The van der Waals surface area contributed by atoms with Gasteiger partial charge in [-0.1, -0.05) is 0 Å². The van der Waals surface area contributed by atoms with Crippen LogP contribution in [0.4, 0.5) is 0 Å². The normalized spacial score (nSPS) is 12.2. The maximum Gasteiger partial charge on any atom is 0.204 e. The van der Waals surface area contributed by atoms with Crippen LogP contribution in [0.25, 0.3) is 0 Å². The van der Waals surface area contributed by atoms with E-state index in [9.17, 15) is 4.79 Å². The third kappa shape index (κ3) is 3.37. The number of aromatic nitrogens is 2. The summed E-state index contributed by atoms with van der Waals surface area (Å²) < 4.78 is 7.02. The molecule has 114 valence electrons. The lowest BCUT2D eigenvalue weighted by Gasteiger charge is -2.31. The Morgan fingerprint density at radius 3 is 2.40 bits per heavy atom. The summed E-state index contributed by atoms with van der Waals surface area (Å²) in [5.74, 6) is 0.541. The first-order valence-corrected chi connectivity index (χ1v) is 6.68. The number of rotatable bonds is 7. The summed E-state index contributed by atoms with van der Waals surface area (Å²) >= 11 is 0. The fourth-order valence-corrected chi connectivity index (χ4v) is 1.70. The Kier molecular flexibility index (Phi) is 5.30. The van der Waals surface area contributed by atoms with Gasteiger partial charge in [-0.2, -0.15) is 5.10 Å². The second-order valence-electron chi connectivity index (χ2n) is 5.87. The number of carbonyl (C=O) groups excluding carboxylic acids is 1. The first-order chi connectivity index (χ1) is 9.21. The van der Waals surface area contributed by atoms with Crippen LogP contribution in [0, 0.1) is 0 Å². The lowest BCUT2D eigenvalue weighted by atomic mass is 9.95. The molecule has 0 unspecified atom stereocenters. The summed E-state index contributed by atoms with van der Waals surface area (Å²) in [6, 6.07) is 0. The Bertz CT molecular complexity index is 464. The molecule has 0 N–H and O–H groups in total. The van der Waals surface area contributed by atoms with Gasteiger partial charge in [-0.05, 0) is 42.0 Å². The molecule has 0 fully saturated rings. The van der Waals surface area contributed by atoms with Crippen molar-refractivity contribution in [1.82, 2.24) is 19.6 Å². The molecule has 0 aliphatic rings. The highest BCUT2D eigenvalue weighted by atomic mass is 16.5. The quantitative estimate of drug-likeness (QED) is 0.698. The number of hydrogen-bond acceptors (Lipinski definition) is 5. The highest BCUT2D eigenvalue weighted by Gasteiger charge is 2.35. The Hall–Kier alpha value is -1.40. The van der Waals surface area contributed by atoms with Gasteiger partial charge in [-0.25, -0.2) is 0 Å². The van der Waals surface area contributed by atoms with Crippen molar-refractivity contribution < 1.29 is 9.53 Å². The van der Waals surface area contributed by atoms with E-state index >= 15 is 0 Å². The molecule has 0 aliphatic heterocycles. The topological polar surface area (TPSA) is 50.6 Å². The van der Waals surface area contributed by atoms with Crippen molar-refractivity contribution in [2.75, 3.05) is 41.8 Å². The standard InChI is InChI=1S/C14H26N4O2/c1-14(2,17(5)6)13(19)12-11(20-7)10-15-18(12)9-8-16(3)4/h10H,8-9H2,1-7H3. The zero-order chi connectivity index (χ0) is 15.5. The van der Waals surface area contributed by atoms with E-state index < -0.39 is 5.54 Å². The molecule has 6 heteroatoms. The van der Waals surface area contributed by atoms with E-state index in [-0.39, 0.29) is 5.78 Å². The fraction of sp³-hybridized carbons (Fsp3) is 0.714. The Morgan fingerprint density at radius 1 is 1.35 bits per heavy atom. The van der Waals surface area contributed by atoms with E-state index in [1.807, 2.05) is 46.9 Å². The van der Waals surface area contributed by atoms with Crippen LogP contribution < -0.4 is 4.74 Å². The van der Waals surface area contributed by atoms with E-state index in [0.29, 0.717) is 18.0 Å². The predicted octanol–water partition coefficient (Wildman–Crippen LogP) is 0.976. The molecule has 0 aliphatic carbocycles. The Morgan fingerprint density at radius 2 is 1.95 bits per heavy atom. The molecule has 1 rings (SSSR count). The molecule has 1 aromatic rings. The third-order valence-corrected chi connectivity index (χ3v) is 3.67. The average molecular weight is 282 g/mol. The summed E-state index contributed by atoms with van der Waals surface area (Å²) in [6.45, 7) is 5.27. The maximum atomic E-state index is 12.8. The van der Waals surface area contributed by atoms with Crippen molar-refractivity contribution in [2.45, 2.75) is 25.9 Å². The number of ether oxygens (including phenoxy) is 1. The number of nitrogens with zero attached hydrogens (tertiary/aromatic N) is 4. The summed E-state index contributed by atoms with van der Waals surface area (Å²) in [6.07, 6.45) is 1.61. The van der Waals surface area contributed by atoms with Gasteiger partial charge in [0.05, 0.1) is 25.4 Å². The first-order valence-electron chi connectivity index (χ1n) is 6.68. The molecule has 0 spiro atoms. The average Bonchev–Trinajstić information content (AvgIpc) is 2.77. The number of Topliss-reactive ketones (excluding diaryl/α,β-unsaturated/α-hetero) is 1. The summed E-state index contributed by atoms with van der Waals surface area (Å²) in [7, 11) is 9.33. The smallest absolute Gasteiger partial charge is 0.204 e. The molecular weight excluding hydrogens is 256 g/mol. The van der Waals surface area contributed by atoms with Crippen LogP contribution in [0.2, 0.25) is 0 Å². The molecule has 1 heterocycles. The second-order valence-corrected chi connectivity index (χ2v) is 5.87. The molecule has 0 amide bonds. The Labute approximate surface area is 121 Å². The molecule has 0 saturated carbocycles. The van der Waals surface area contributed by atoms with Gasteiger partial charge in [-0.15, -0.1) is 0 Å². The van der Waals surface area contributed by atoms with Crippen LogP contribution in [-0.4, -0.2) is 72.7 Å². The number of likely N-dealkylation sites (N-methyl/N-ethyl adjacent to an activating group) is 2. The molecule has 0 aromatic carbocycles. The monoisotopic (exact) mass is 282 g/mol. The van der Waals surface area contributed by atoms with Crippen molar-refractivity contribution in [2.24, 2.45) is 0 Å². The van der Waals surface area contributed by atoms with E-state index in [1.54, 1.807) is 18.0 Å². The number of hydrogen-bond donors (Lipinski definition) is 0. The second kappa shape index (κ2) is 6.37. The van der Waals surface area contributed by atoms with Gasteiger partial charge in [0.25, 0.3) is 0 Å². The molecule has 0 saturated heterocycles. The van der Waals surface area contributed by atoms with Crippen molar-refractivity contribution >= 4 is 5.78 Å². The van der Waals surface area contributed by atoms with Crippen LogP contribution in [-0.2, 0) is 6.54 Å². The van der Waals surface area contributed by atoms with Crippen molar-refractivity contribution in [3.63, 3.8) is 0 Å². The summed E-state index contributed by atoms with van der Waals surface area (Å²) in [5, 5.41) is 4.28. The minimum Gasteiger partial charge on any atom is -0.493 e. The number of methoxy groups -OCH3 is 1. The van der Waals surface area contributed by atoms with Gasteiger partial charge in [0, 0.05) is 6.54 Å². The molecule has 6 nitrogen and oxygen atoms in total. The molecule has 0 radical (unpaired) electrons. The minimum atomic E-state index is -0.608. The van der Waals surface area contributed by atoms with Gasteiger partial charge in [0.15, 0.2) is 5.75 Å². The highest BCUT2D eigenvalue weighted by molar-refractivity contribution is 6.03. The fourth-order valence-electron chi connectivity index (χ4n) is 1.70. The molecule has 20 heavy (non-hydrogen) atoms. The number of carbonyl (C=O) groups is 1. The van der Waals surface area contributed by atoms with Gasteiger partial charge in [-0.3, -0.25) is 14.4 Å². The largest absolute Gasteiger partial charge is 0.493 e. The number of ketones is 1. The summed E-state index contributed by atoms with van der Waals surface area (Å²) in [4.78, 5) is 16.8. The van der Waals surface area contributed by atoms with Gasteiger partial charge < -0.3 is 9.64 Å². The van der Waals surface area contributed by atoms with Crippen LogP contribution in [0.5, 0.6) is 5.75 Å². The van der Waals surface area contributed by atoms with Crippen LogP contribution in [0.3, 0.4) is 0 Å². The van der Waals surface area contributed by atoms with Crippen LogP contribution in [0.15, 0.2) is 6.20 Å². The predicted molar refractivity (Wildman–Crippen MR) is 79.4 cm³/mol. The van der Waals surface area contributed by atoms with E-state index in [0.717, 1.165) is 6.54 Å². The lowest BCUT2D eigenvalue weighted by molar-refractivity contribution is 0.0739. The van der Waals surface area contributed by atoms with E-state index in [4.69, 9.17) is 4.74 Å². The van der Waals surface area contributed by atoms with E-state index in [2.05, 4.69) is 10.00 Å². The Balaban J connectivity index is 3.14.